The maximum absolute atomic E-state index is 15.4. The minimum atomic E-state index is -2.43. The zero-order valence-electron chi connectivity index (χ0n) is 36.8. The Labute approximate surface area is 364 Å². The van der Waals surface area contributed by atoms with Crippen LogP contribution in [0.25, 0.3) is 0 Å². The van der Waals surface area contributed by atoms with Crippen molar-refractivity contribution in [3.05, 3.63) is 71.2 Å². The van der Waals surface area contributed by atoms with Crippen LogP contribution in [0.2, 0.25) is 0 Å². The van der Waals surface area contributed by atoms with Gasteiger partial charge in [-0.3, -0.25) is 9.59 Å². The molecule has 0 spiro atoms. The van der Waals surface area contributed by atoms with Crippen molar-refractivity contribution in [1.29, 1.82) is 0 Å². The molecule has 18 heteroatoms. The number of hydrogen-bond donors (Lipinski definition) is 4. The van der Waals surface area contributed by atoms with Gasteiger partial charge in [-0.2, -0.15) is 0 Å². The highest BCUT2D eigenvalue weighted by Crippen LogP contribution is 2.64. The number of rotatable bonds is 12. The number of Topliss-reactive ketones (excluding diaryl/α,β-unsaturated/α-hetero) is 1. The summed E-state index contributed by atoms with van der Waals surface area (Å²) in [4.78, 5) is 83.0. The van der Waals surface area contributed by atoms with Crippen molar-refractivity contribution in [2.24, 2.45) is 22.2 Å². The second kappa shape index (κ2) is 17.4. The van der Waals surface area contributed by atoms with Crippen LogP contribution in [0, 0.1) is 22.2 Å². The summed E-state index contributed by atoms with van der Waals surface area (Å²) >= 11 is 0. The third-order valence-corrected chi connectivity index (χ3v) is 13.0. The van der Waals surface area contributed by atoms with Crippen LogP contribution in [0.5, 0.6) is 0 Å². The van der Waals surface area contributed by atoms with E-state index in [1.165, 1.54) is 65.3 Å². The van der Waals surface area contributed by atoms with Crippen molar-refractivity contribution in [3.8, 4) is 0 Å². The number of alkyl carbamates (subject to hydrolysis) is 1. The number of amides is 1. The van der Waals surface area contributed by atoms with E-state index in [1.807, 2.05) is 20.8 Å². The number of esters is 4. The third-order valence-electron chi connectivity index (χ3n) is 13.0. The van der Waals surface area contributed by atoms with E-state index in [1.54, 1.807) is 18.2 Å². The van der Waals surface area contributed by atoms with E-state index < -0.39 is 125 Å². The second-order valence-electron chi connectivity index (χ2n) is 18.7. The van der Waals surface area contributed by atoms with Gasteiger partial charge in [-0.15, -0.1) is 0 Å². The summed E-state index contributed by atoms with van der Waals surface area (Å²) in [5, 5.41) is 40.1. The maximum Gasteiger partial charge on any atom is 0.407 e. The van der Waals surface area contributed by atoms with Gasteiger partial charge in [0.1, 0.15) is 54.5 Å². The Bertz CT molecular complexity index is 2110. The minimum absolute atomic E-state index is 0.00743. The molecule has 1 saturated heterocycles. The lowest BCUT2D eigenvalue weighted by Gasteiger charge is -2.67. The molecule has 18 nitrogen and oxygen atoms in total. The number of carbonyl (C=O) groups is 6. The average molecular weight is 884 g/mol. The first-order chi connectivity index (χ1) is 29.4. The molecule has 2 unspecified atom stereocenters. The van der Waals surface area contributed by atoms with Gasteiger partial charge in [-0.25, -0.2) is 19.2 Å². The topological polar surface area (TPSA) is 253 Å². The van der Waals surface area contributed by atoms with Crippen LogP contribution in [-0.4, -0.2) is 126 Å². The van der Waals surface area contributed by atoms with Crippen LogP contribution in [-0.2, 0) is 52.3 Å². The number of aliphatic hydroxyl groups excluding tert-OH is 2. The summed E-state index contributed by atoms with van der Waals surface area (Å²) in [5.74, 6) is -6.55. The van der Waals surface area contributed by atoms with Crippen molar-refractivity contribution in [3.63, 3.8) is 0 Å². The number of methoxy groups -OCH3 is 1. The number of nitrogens with one attached hydrogen (secondary N) is 1. The molecule has 3 aliphatic carbocycles. The third kappa shape index (κ3) is 8.50. The summed E-state index contributed by atoms with van der Waals surface area (Å²) < 4.78 is 46.1. The Morgan fingerprint density at radius 2 is 1.68 bits per heavy atom. The van der Waals surface area contributed by atoms with Gasteiger partial charge in [0, 0.05) is 32.3 Å². The van der Waals surface area contributed by atoms with Gasteiger partial charge in [0.2, 0.25) is 0 Å². The van der Waals surface area contributed by atoms with Crippen molar-refractivity contribution < 1.29 is 81.7 Å². The first-order valence-corrected chi connectivity index (χ1v) is 20.7. The Kier molecular flexibility index (Phi) is 13.1. The number of furan rings is 1. The Balaban J connectivity index is 1.50. The predicted octanol–water partition coefficient (Wildman–Crippen LogP) is 3.30. The van der Waals surface area contributed by atoms with Gasteiger partial charge in [0.25, 0.3) is 0 Å². The first kappa shape index (κ1) is 47.3. The summed E-state index contributed by atoms with van der Waals surface area (Å²) in [6.45, 7) is 11.7. The number of carbonyl (C=O) groups excluding carboxylic acids is 6. The van der Waals surface area contributed by atoms with Crippen molar-refractivity contribution in [2.45, 2.75) is 122 Å². The number of ketones is 1. The largest absolute Gasteiger partial charge is 0.467 e. The average Bonchev–Trinajstić information content (AvgIpc) is 3.75. The smallest absolute Gasteiger partial charge is 0.407 e. The number of benzene rings is 1. The number of hydrogen-bond acceptors (Lipinski definition) is 17. The highest BCUT2D eigenvalue weighted by atomic mass is 16.6. The molecule has 4 N–H and O–H groups in total. The molecule has 4 aliphatic rings. The number of ether oxygens (including phenoxy) is 7. The lowest BCUT2D eigenvalue weighted by molar-refractivity contribution is -0.346. The minimum Gasteiger partial charge on any atom is -0.467 e. The lowest BCUT2D eigenvalue weighted by atomic mass is 9.44. The van der Waals surface area contributed by atoms with Gasteiger partial charge in [0.15, 0.2) is 17.5 Å². The molecule has 2 heterocycles. The zero-order valence-corrected chi connectivity index (χ0v) is 36.8. The molecule has 344 valence electrons. The van der Waals surface area contributed by atoms with Crippen LogP contribution < -0.4 is 5.32 Å². The molecule has 6 rings (SSSR count). The van der Waals surface area contributed by atoms with E-state index in [-0.39, 0.29) is 42.1 Å². The summed E-state index contributed by atoms with van der Waals surface area (Å²) in [5.41, 5.74) is -8.42. The fourth-order valence-corrected chi connectivity index (χ4v) is 9.80. The molecule has 1 aromatic heterocycles. The summed E-state index contributed by atoms with van der Waals surface area (Å²) in [6, 6.07) is 9.11. The highest BCUT2D eigenvalue weighted by Gasteiger charge is 2.78. The van der Waals surface area contributed by atoms with E-state index >= 15 is 4.79 Å². The first-order valence-electron chi connectivity index (χ1n) is 20.7. The molecule has 3 fully saturated rings. The highest BCUT2D eigenvalue weighted by molar-refractivity contribution is 5.94. The van der Waals surface area contributed by atoms with Gasteiger partial charge in [-0.05, 0) is 54.7 Å². The van der Waals surface area contributed by atoms with Crippen LogP contribution in [0.1, 0.15) is 90.4 Å². The van der Waals surface area contributed by atoms with Crippen LogP contribution >= 0.6 is 0 Å². The molecule has 2 bridgehead atoms. The van der Waals surface area contributed by atoms with Crippen molar-refractivity contribution in [2.75, 3.05) is 26.9 Å². The van der Waals surface area contributed by atoms with Crippen LogP contribution in [0.3, 0.4) is 0 Å². The lowest BCUT2D eigenvalue weighted by Crippen LogP contribution is -2.82. The van der Waals surface area contributed by atoms with Crippen LogP contribution in [0.15, 0.2) is 64.3 Å². The molecule has 2 saturated carbocycles. The molecule has 0 radical (unpaired) electrons. The molecule has 1 aromatic carbocycles. The second-order valence-corrected chi connectivity index (χ2v) is 18.7. The van der Waals surface area contributed by atoms with Crippen molar-refractivity contribution >= 4 is 35.8 Å². The van der Waals surface area contributed by atoms with Gasteiger partial charge in [-0.1, -0.05) is 52.8 Å². The number of fused-ring (bicyclic) bond motifs is 5. The maximum atomic E-state index is 15.4. The fraction of sp³-hybridized carbons (Fsp3) is 0.600. The number of aliphatic hydroxyl groups is 3. The van der Waals surface area contributed by atoms with Crippen molar-refractivity contribution in [1.82, 2.24) is 5.32 Å². The monoisotopic (exact) mass is 883 g/mol. The predicted molar refractivity (Wildman–Crippen MR) is 216 cm³/mol. The molecular weight excluding hydrogens is 826 g/mol. The molecule has 11 atom stereocenters. The van der Waals surface area contributed by atoms with Crippen LogP contribution in [0.4, 0.5) is 4.79 Å². The fourth-order valence-electron chi connectivity index (χ4n) is 9.80. The van der Waals surface area contributed by atoms with E-state index in [0.717, 1.165) is 6.92 Å². The van der Waals surface area contributed by atoms with Gasteiger partial charge >= 0.3 is 30.0 Å². The summed E-state index contributed by atoms with van der Waals surface area (Å²) in [6.07, 6.45) is -10.6. The summed E-state index contributed by atoms with van der Waals surface area (Å²) in [7, 11) is 1.27. The zero-order chi connectivity index (χ0) is 46.4. The Morgan fingerprint density at radius 1 is 1.00 bits per heavy atom. The normalized spacial score (nSPS) is 31.9. The molecule has 1 amide bonds. The Morgan fingerprint density at radius 3 is 2.25 bits per heavy atom. The Hall–Kier alpha value is -5.14. The molecule has 63 heavy (non-hydrogen) atoms. The van der Waals surface area contributed by atoms with Gasteiger partial charge in [0.05, 0.1) is 36.4 Å². The van der Waals surface area contributed by atoms with Gasteiger partial charge < -0.3 is 58.2 Å². The van der Waals surface area contributed by atoms with E-state index in [4.69, 9.17) is 37.6 Å². The van der Waals surface area contributed by atoms with E-state index in [2.05, 4.69) is 5.32 Å². The molecular formula is C45H57NO17. The van der Waals surface area contributed by atoms with E-state index in [0.29, 0.717) is 0 Å². The quantitative estimate of drug-likeness (QED) is 0.136. The van der Waals surface area contributed by atoms with E-state index in [9.17, 15) is 39.3 Å². The molecule has 2 aromatic rings. The molecule has 1 aliphatic heterocycles. The SMILES string of the molecule is COCC(=O)O[C@H]1C[C@H]2OC[C@@]2(OC(C)=O)C2C(OC(=O)c3ccccc3)[C@]3(O)C[C@H](OC(=O)[C@H](O)[C@@H](NC(=O)OCC(C)(C)C)c4ccco4)C(C)=C([C@@H](O)C(=O)[C@@]21C)C3(C)C. The standard InChI is InChI=1S/C45H57NO17/c1-23-27(60-39(53)34(50)32(26-16-13-17-57-26)46-40(54)59-21-41(3,4)5)19-45(55)37(62-38(52)25-14-11-10-12-15-25)35-43(8,36(51)33(49)31(23)42(45,6)7)28(61-30(48)20-56-9)18-29-44(35,22-58-29)63-24(2)47/h10-17,27-29,32-35,37,49-50,55H,18-22H2,1-9H3,(H,46,54)/t27-,28-,29+,32-,33+,34+,35?,37?,43+,44-,45+/m0/s1.